The molecule has 1 aliphatic heterocycles. The molecule has 6 nitrogen and oxygen atoms in total. The van der Waals surface area contributed by atoms with Crippen molar-refractivity contribution in [3.8, 4) is 0 Å². The summed E-state index contributed by atoms with van der Waals surface area (Å²) < 4.78 is 11.0. The minimum Gasteiger partial charge on any atom is -0.385 e. The number of hydrogen-bond acceptors (Lipinski definition) is 4. The molecule has 1 aromatic carbocycles. The minimum absolute atomic E-state index is 0.371. The number of piperidine rings is 1. The van der Waals surface area contributed by atoms with Crippen molar-refractivity contribution in [2.24, 2.45) is 4.99 Å². The highest BCUT2D eigenvalue weighted by Crippen LogP contribution is 2.14. The standard InChI is InChI=1S/C21H36N4O2/c1-3-22-21(24-14-7-13-23-19-9-5-4-6-10-19)25-15-11-20(12-16-25)27-18-8-17-26-2/h4-6,9-10,20,23H,3,7-8,11-18H2,1-2H3,(H,22,24). The predicted molar refractivity (Wildman–Crippen MR) is 113 cm³/mol. The van der Waals surface area contributed by atoms with E-state index in [0.717, 1.165) is 77.6 Å². The number of para-hydroxylation sites is 1. The second-order valence-electron chi connectivity index (χ2n) is 6.79. The van der Waals surface area contributed by atoms with Gasteiger partial charge in [-0.25, -0.2) is 0 Å². The summed E-state index contributed by atoms with van der Waals surface area (Å²) in [5.74, 6) is 1.04. The van der Waals surface area contributed by atoms with Crippen molar-refractivity contribution >= 4 is 11.6 Å². The molecule has 1 fully saturated rings. The van der Waals surface area contributed by atoms with Crippen LogP contribution >= 0.6 is 0 Å². The van der Waals surface area contributed by atoms with E-state index >= 15 is 0 Å². The number of ether oxygens (including phenoxy) is 2. The molecule has 27 heavy (non-hydrogen) atoms. The Bertz CT molecular complexity index is 516. The zero-order chi connectivity index (χ0) is 19.2. The van der Waals surface area contributed by atoms with Gasteiger partial charge < -0.3 is 25.0 Å². The lowest BCUT2D eigenvalue weighted by atomic mass is 10.1. The molecule has 0 radical (unpaired) electrons. The molecule has 0 atom stereocenters. The SMILES string of the molecule is CCNC(=NCCCNc1ccccc1)N1CCC(OCCCOC)CC1. The molecule has 2 rings (SSSR count). The van der Waals surface area contributed by atoms with Crippen LogP contribution in [0, 0.1) is 0 Å². The van der Waals surface area contributed by atoms with Gasteiger partial charge in [0.05, 0.1) is 6.10 Å². The van der Waals surface area contributed by atoms with Crippen LogP contribution in [0.25, 0.3) is 0 Å². The molecular weight excluding hydrogens is 340 g/mol. The molecule has 0 spiro atoms. The Morgan fingerprint density at radius 1 is 1.15 bits per heavy atom. The van der Waals surface area contributed by atoms with E-state index in [1.54, 1.807) is 7.11 Å². The van der Waals surface area contributed by atoms with Gasteiger partial charge in [0.2, 0.25) is 0 Å². The number of nitrogens with zero attached hydrogens (tertiary/aromatic N) is 2. The fourth-order valence-corrected chi connectivity index (χ4v) is 3.17. The first-order chi connectivity index (χ1) is 13.3. The molecule has 1 heterocycles. The van der Waals surface area contributed by atoms with Crippen LogP contribution in [0.2, 0.25) is 0 Å². The van der Waals surface area contributed by atoms with Gasteiger partial charge in [0, 0.05) is 58.7 Å². The van der Waals surface area contributed by atoms with E-state index in [9.17, 15) is 0 Å². The number of rotatable bonds is 11. The van der Waals surface area contributed by atoms with E-state index in [1.807, 2.05) is 6.07 Å². The average Bonchev–Trinajstić information content (AvgIpc) is 2.71. The maximum absolute atomic E-state index is 5.95. The van der Waals surface area contributed by atoms with E-state index in [0.29, 0.717) is 6.10 Å². The average molecular weight is 377 g/mol. The summed E-state index contributed by atoms with van der Waals surface area (Å²) in [6.45, 7) is 8.36. The zero-order valence-corrected chi connectivity index (χ0v) is 17.0. The zero-order valence-electron chi connectivity index (χ0n) is 17.0. The fraction of sp³-hybridized carbons (Fsp3) is 0.667. The van der Waals surface area contributed by atoms with Gasteiger partial charge in [0.15, 0.2) is 5.96 Å². The molecule has 0 amide bonds. The van der Waals surface area contributed by atoms with Crippen molar-refractivity contribution < 1.29 is 9.47 Å². The number of aliphatic imine (C=N–C) groups is 1. The molecule has 0 unspecified atom stereocenters. The third kappa shape index (κ3) is 8.63. The Morgan fingerprint density at radius 3 is 2.63 bits per heavy atom. The van der Waals surface area contributed by atoms with Crippen LogP contribution in [0.3, 0.4) is 0 Å². The molecule has 2 N–H and O–H groups in total. The van der Waals surface area contributed by atoms with E-state index in [2.05, 4.69) is 46.7 Å². The van der Waals surface area contributed by atoms with E-state index in [4.69, 9.17) is 14.5 Å². The second kappa shape index (κ2) is 13.4. The number of methoxy groups -OCH3 is 1. The maximum Gasteiger partial charge on any atom is 0.193 e. The van der Waals surface area contributed by atoms with Crippen molar-refractivity contribution in [2.75, 3.05) is 58.4 Å². The summed E-state index contributed by atoms with van der Waals surface area (Å²) in [6.07, 6.45) is 4.48. The van der Waals surface area contributed by atoms with Crippen molar-refractivity contribution in [3.63, 3.8) is 0 Å². The van der Waals surface area contributed by atoms with E-state index < -0.39 is 0 Å². The number of guanidine groups is 1. The first-order valence-corrected chi connectivity index (χ1v) is 10.3. The first kappa shape index (κ1) is 21.5. The van der Waals surface area contributed by atoms with Gasteiger partial charge in [0.1, 0.15) is 0 Å². The van der Waals surface area contributed by atoms with Gasteiger partial charge in [-0.3, -0.25) is 4.99 Å². The molecule has 6 heteroatoms. The van der Waals surface area contributed by atoms with Gasteiger partial charge in [-0.2, -0.15) is 0 Å². The van der Waals surface area contributed by atoms with Crippen molar-refractivity contribution in [1.82, 2.24) is 10.2 Å². The highest BCUT2D eigenvalue weighted by atomic mass is 16.5. The molecule has 1 aromatic rings. The summed E-state index contributed by atoms with van der Waals surface area (Å²) in [7, 11) is 1.73. The number of hydrogen-bond donors (Lipinski definition) is 2. The smallest absolute Gasteiger partial charge is 0.193 e. The minimum atomic E-state index is 0.371. The summed E-state index contributed by atoms with van der Waals surface area (Å²) in [5, 5.41) is 6.87. The monoisotopic (exact) mass is 376 g/mol. The lowest BCUT2D eigenvalue weighted by Gasteiger charge is -2.34. The predicted octanol–water partition coefficient (Wildman–Crippen LogP) is 2.97. The van der Waals surface area contributed by atoms with Crippen LogP contribution in [-0.4, -0.2) is 70.0 Å². The van der Waals surface area contributed by atoms with Crippen LogP contribution in [0.1, 0.15) is 32.6 Å². The van der Waals surface area contributed by atoms with E-state index in [1.165, 1.54) is 5.69 Å². The van der Waals surface area contributed by atoms with Gasteiger partial charge in [-0.05, 0) is 44.7 Å². The maximum atomic E-state index is 5.95. The second-order valence-corrected chi connectivity index (χ2v) is 6.79. The Kier molecular flexibility index (Phi) is 10.7. The quantitative estimate of drug-likeness (QED) is 0.353. The van der Waals surface area contributed by atoms with Gasteiger partial charge in [0.25, 0.3) is 0 Å². The largest absolute Gasteiger partial charge is 0.385 e. The normalized spacial score (nSPS) is 15.8. The Morgan fingerprint density at radius 2 is 1.93 bits per heavy atom. The van der Waals surface area contributed by atoms with Crippen LogP contribution in [0.5, 0.6) is 0 Å². The number of benzene rings is 1. The molecule has 0 aliphatic carbocycles. The lowest BCUT2D eigenvalue weighted by Crippen LogP contribution is -2.47. The third-order valence-electron chi connectivity index (χ3n) is 4.62. The van der Waals surface area contributed by atoms with E-state index in [-0.39, 0.29) is 0 Å². The molecule has 0 aromatic heterocycles. The Hall–Kier alpha value is -1.79. The summed E-state index contributed by atoms with van der Waals surface area (Å²) in [6, 6.07) is 10.3. The molecule has 0 saturated carbocycles. The summed E-state index contributed by atoms with van der Waals surface area (Å²) >= 11 is 0. The Labute approximate surface area is 164 Å². The molecule has 1 aliphatic rings. The lowest BCUT2D eigenvalue weighted by molar-refractivity contribution is 0.00991. The topological polar surface area (TPSA) is 58.1 Å². The highest BCUT2D eigenvalue weighted by Gasteiger charge is 2.21. The number of nitrogens with one attached hydrogen (secondary N) is 2. The first-order valence-electron chi connectivity index (χ1n) is 10.3. The fourth-order valence-electron chi connectivity index (χ4n) is 3.17. The van der Waals surface area contributed by atoms with Gasteiger partial charge in [-0.15, -0.1) is 0 Å². The molecule has 0 bridgehead atoms. The molecular formula is C21H36N4O2. The van der Waals surface area contributed by atoms with Crippen molar-refractivity contribution in [3.05, 3.63) is 30.3 Å². The number of anilines is 1. The Balaban J connectivity index is 1.67. The van der Waals surface area contributed by atoms with Crippen molar-refractivity contribution in [2.45, 2.75) is 38.7 Å². The third-order valence-corrected chi connectivity index (χ3v) is 4.62. The molecule has 152 valence electrons. The highest BCUT2D eigenvalue weighted by molar-refractivity contribution is 5.80. The van der Waals surface area contributed by atoms with Crippen LogP contribution in [-0.2, 0) is 9.47 Å². The van der Waals surface area contributed by atoms with Crippen molar-refractivity contribution in [1.29, 1.82) is 0 Å². The number of likely N-dealkylation sites (tertiary alicyclic amines) is 1. The van der Waals surface area contributed by atoms with Gasteiger partial charge in [-0.1, -0.05) is 18.2 Å². The van der Waals surface area contributed by atoms with Crippen LogP contribution < -0.4 is 10.6 Å². The summed E-state index contributed by atoms with van der Waals surface area (Å²) in [5.41, 5.74) is 1.17. The molecule has 1 saturated heterocycles. The van der Waals surface area contributed by atoms with Crippen LogP contribution in [0.4, 0.5) is 5.69 Å². The van der Waals surface area contributed by atoms with Gasteiger partial charge >= 0.3 is 0 Å². The summed E-state index contributed by atoms with van der Waals surface area (Å²) in [4.78, 5) is 7.18. The van der Waals surface area contributed by atoms with Crippen LogP contribution in [0.15, 0.2) is 35.3 Å².